The quantitative estimate of drug-likeness (QED) is 0.319. The molecule has 0 spiro atoms. The third-order valence-electron chi connectivity index (χ3n) is 6.79. The molecule has 10 heteroatoms. The van der Waals surface area contributed by atoms with Gasteiger partial charge in [0.15, 0.2) is 5.78 Å². The molecule has 0 unspecified atom stereocenters. The second-order valence-corrected chi connectivity index (χ2v) is 9.76. The molecule has 0 radical (unpaired) electrons. The normalized spacial score (nSPS) is 19.2. The van der Waals surface area contributed by atoms with Gasteiger partial charge in [0, 0.05) is 36.3 Å². The van der Waals surface area contributed by atoms with E-state index in [-0.39, 0.29) is 36.4 Å². The lowest BCUT2D eigenvalue weighted by Crippen LogP contribution is -2.46. The summed E-state index contributed by atoms with van der Waals surface area (Å²) in [5, 5.41) is 6.67. The molecule has 188 valence electrons. The Morgan fingerprint density at radius 1 is 1.14 bits per heavy atom. The van der Waals surface area contributed by atoms with Crippen molar-refractivity contribution in [2.24, 2.45) is 17.8 Å². The molecular formula is C25H30ClN3O6. The molecule has 1 saturated heterocycles. The molecule has 9 nitrogen and oxygen atoms in total. The van der Waals surface area contributed by atoms with Crippen LogP contribution in [0.15, 0.2) is 18.2 Å². The summed E-state index contributed by atoms with van der Waals surface area (Å²) in [6, 6.07) is 4.20. The molecule has 1 aromatic carbocycles. The number of amides is 2. The van der Waals surface area contributed by atoms with Crippen molar-refractivity contribution in [2.45, 2.75) is 44.6 Å². The zero-order chi connectivity index (χ0) is 25.1. The average Bonchev–Trinajstić information content (AvgIpc) is 3.40. The number of carbonyl (C=O) groups excluding carboxylic acids is 4. The van der Waals surface area contributed by atoms with Crippen LogP contribution in [0.5, 0.6) is 5.75 Å². The Balaban J connectivity index is 1.48. The fourth-order valence-electron chi connectivity index (χ4n) is 4.62. The average molecular weight is 504 g/mol. The van der Waals surface area contributed by atoms with Crippen molar-refractivity contribution in [1.29, 1.82) is 0 Å². The van der Waals surface area contributed by atoms with Crippen LogP contribution in [-0.2, 0) is 19.1 Å². The minimum Gasteiger partial charge on any atom is -0.497 e. The number of nitrogens with one attached hydrogen (secondary N) is 3. The van der Waals surface area contributed by atoms with E-state index >= 15 is 0 Å². The third kappa shape index (κ3) is 5.96. The van der Waals surface area contributed by atoms with Gasteiger partial charge in [-0.2, -0.15) is 0 Å². The van der Waals surface area contributed by atoms with Crippen LogP contribution in [-0.4, -0.2) is 55.4 Å². The largest absolute Gasteiger partial charge is 0.497 e. The van der Waals surface area contributed by atoms with Crippen LogP contribution >= 0.6 is 11.6 Å². The molecule has 1 aliphatic heterocycles. The Morgan fingerprint density at radius 2 is 1.91 bits per heavy atom. The highest BCUT2D eigenvalue weighted by molar-refractivity contribution is 6.35. The van der Waals surface area contributed by atoms with E-state index in [4.69, 9.17) is 21.1 Å². The van der Waals surface area contributed by atoms with Crippen molar-refractivity contribution in [3.63, 3.8) is 0 Å². The highest BCUT2D eigenvalue weighted by atomic mass is 35.5. The first kappa shape index (κ1) is 25.0. The van der Waals surface area contributed by atoms with Crippen molar-refractivity contribution >= 4 is 46.1 Å². The molecule has 2 amide bonds. The van der Waals surface area contributed by atoms with Gasteiger partial charge in [0.2, 0.25) is 11.8 Å². The van der Waals surface area contributed by atoms with Crippen LogP contribution < -0.4 is 15.4 Å². The number of carbonyl (C=O) groups is 4. The van der Waals surface area contributed by atoms with E-state index < -0.39 is 17.9 Å². The lowest BCUT2D eigenvalue weighted by Gasteiger charge is -2.22. The molecule has 2 aromatic rings. The maximum atomic E-state index is 13.2. The number of aromatic nitrogens is 1. The number of hydrogen-bond acceptors (Lipinski definition) is 6. The van der Waals surface area contributed by atoms with Gasteiger partial charge in [-0.15, -0.1) is 0 Å². The van der Waals surface area contributed by atoms with Crippen molar-refractivity contribution in [3.05, 3.63) is 28.9 Å². The number of fused-ring (bicyclic) bond motifs is 1. The summed E-state index contributed by atoms with van der Waals surface area (Å²) in [6.07, 6.45) is 3.34. The molecule has 4 rings (SSSR count). The van der Waals surface area contributed by atoms with Gasteiger partial charge in [0.05, 0.1) is 30.5 Å². The minimum absolute atomic E-state index is 0.0122. The summed E-state index contributed by atoms with van der Waals surface area (Å²) in [4.78, 5) is 53.8. The smallest absolute Gasteiger partial charge is 0.328 e. The summed E-state index contributed by atoms with van der Waals surface area (Å²) < 4.78 is 10.1. The number of hydrogen-bond donors (Lipinski definition) is 3. The molecule has 1 saturated carbocycles. The topological polar surface area (TPSA) is 127 Å². The lowest BCUT2D eigenvalue weighted by atomic mass is 9.92. The number of ether oxygens (including phenoxy) is 2. The summed E-state index contributed by atoms with van der Waals surface area (Å²) in [7, 11) is 2.79. The number of aromatic amines is 1. The predicted molar refractivity (Wildman–Crippen MR) is 129 cm³/mol. The first-order valence-corrected chi connectivity index (χ1v) is 12.2. The van der Waals surface area contributed by atoms with E-state index in [1.54, 1.807) is 18.2 Å². The molecule has 1 aromatic heterocycles. The van der Waals surface area contributed by atoms with Crippen LogP contribution in [0.4, 0.5) is 0 Å². The summed E-state index contributed by atoms with van der Waals surface area (Å²) in [5.41, 5.74) is 0.982. The number of esters is 1. The van der Waals surface area contributed by atoms with Crippen LogP contribution in [0.1, 0.15) is 49.0 Å². The number of benzene rings is 1. The van der Waals surface area contributed by atoms with Crippen LogP contribution in [0.3, 0.4) is 0 Å². The molecule has 2 aliphatic rings. The van der Waals surface area contributed by atoms with Crippen LogP contribution in [0, 0.1) is 17.8 Å². The van der Waals surface area contributed by atoms with E-state index in [1.807, 2.05) is 0 Å². The van der Waals surface area contributed by atoms with Crippen molar-refractivity contribution < 1.29 is 28.7 Å². The number of methoxy groups -OCH3 is 2. The summed E-state index contributed by atoms with van der Waals surface area (Å²) >= 11 is 6.31. The number of halogens is 1. The molecule has 3 atom stereocenters. The van der Waals surface area contributed by atoms with E-state index in [0.717, 1.165) is 18.2 Å². The van der Waals surface area contributed by atoms with Crippen LogP contribution in [0.2, 0.25) is 5.02 Å². The molecule has 0 bridgehead atoms. The summed E-state index contributed by atoms with van der Waals surface area (Å²) in [6.45, 7) is 0.546. The third-order valence-corrected chi connectivity index (χ3v) is 7.09. The molecule has 1 aliphatic carbocycles. The Labute approximate surface area is 208 Å². The highest BCUT2D eigenvalue weighted by Gasteiger charge is 2.36. The van der Waals surface area contributed by atoms with Crippen LogP contribution in [0.25, 0.3) is 10.9 Å². The Hall–Kier alpha value is -3.07. The maximum Gasteiger partial charge on any atom is 0.328 e. The molecular weight excluding hydrogens is 474 g/mol. The molecule has 3 N–H and O–H groups in total. The van der Waals surface area contributed by atoms with E-state index in [9.17, 15) is 19.2 Å². The van der Waals surface area contributed by atoms with Gasteiger partial charge in [-0.05, 0) is 37.3 Å². The van der Waals surface area contributed by atoms with Gasteiger partial charge in [0.1, 0.15) is 11.8 Å². The maximum absolute atomic E-state index is 13.2. The predicted octanol–water partition coefficient (Wildman–Crippen LogP) is 3.00. The molecule has 2 fully saturated rings. The Bertz CT molecular complexity index is 1140. The number of ketones is 1. The zero-order valence-corrected chi connectivity index (χ0v) is 20.6. The number of rotatable bonds is 11. The van der Waals surface area contributed by atoms with Gasteiger partial charge in [-0.3, -0.25) is 14.4 Å². The van der Waals surface area contributed by atoms with Gasteiger partial charge < -0.3 is 25.1 Å². The van der Waals surface area contributed by atoms with E-state index in [1.165, 1.54) is 14.2 Å². The van der Waals surface area contributed by atoms with Crippen molar-refractivity contribution in [3.8, 4) is 5.75 Å². The minimum atomic E-state index is -0.947. The standard InChI is InChI=1S/C25H30ClN3O6/c1-34-17-8-15-10-19(28-22(15)18(26)12-17)21(30)11-16(7-13-3-4-13)24(32)29-20(25(33)35-2)9-14-5-6-27-23(14)31/h8,10,12-14,16,20,28H,3-7,9,11H2,1-2H3,(H,27,31)(H,29,32)/t14-,16+,20-/m0/s1. The van der Waals surface area contributed by atoms with Gasteiger partial charge in [0.25, 0.3) is 0 Å². The monoisotopic (exact) mass is 503 g/mol. The second kappa shape index (κ2) is 10.7. The lowest BCUT2D eigenvalue weighted by molar-refractivity contribution is -0.146. The van der Waals surface area contributed by atoms with E-state index in [0.29, 0.717) is 47.3 Å². The first-order chi connectivity index (χ1) is 16.8. The van der Waals surface area contributed by atoms with Crippen molar-refractivity contribution in [2.75, 3.05) is 20.8 Å². The Morgan fingerprint density at radius 3 is 2.54 bits per heavy atom. The Kier molecular flexibility index (Phi) is 7.64. The van der Waals surface area contributed by atoms with Gasteiger partial charge >= 0.3 is 5.97 Å². The first-order valence-electron chi connectivity index (χ1n) is 11.8. The fraction of sp³-hybridized carbons (Fsp3) is 0.520. The summed E-state index contributed by atoms with van der Waals surface area (Å²) in [5.74, 6) is -1.34. The molecule has 2 heterocycles. The molecule has 35 heavy (non-hydrogen) atoms. The SMILES string of the molecule is COC(=O)[C@H](C[C@@H]1CCNC1=O)NC(=O)[C@@H](CC(=O)c1cc2cc(OC)cc(Cl)c2[nH]1)CC1CC1. The van der Waals surface area contributed by atoms with Gasteiger partial charge in [-0.25, -0.2) is 4.79 Å². The van der Waals surface area contributed by atoms with Gasteiger partial charge in [-0.1, -0.05) is 24.4 Å². The number of Topliss-reactive ketones (excluding diaryl/α,β-unsaturated/α-hetero) is 1. The van der Waals surface area contributed by atoms with Crippen molar-refractivity contribution in [1.82, 2.24) is 15.6 Å². The second-order valence-electron chi connectivity index (χ2n) is 9.36. The number of H-pyrrole nitrogens is 1. The highest BCUT2D eigenvalue weighted by Crippen LogP contribution is 2.37. The fourth-order valence-corrected chi connectivity index (χ4v) is 4.88. The van der Waals surface area contributed by atoms with E-state index in [2.05, 4.69) is 15.6 Å². The zero-order valence-electron chi connectivity index (χ0n) is 19.8.